The van der Waals surface area contributed by atoms with Gasteiger partial charge in [0, 0.05) is 22.0 Å². The van der Waals surface area contributed by atoms with Crippen molar-refractivity contribution in [3.63, 3.8) is 0 Å². The van der Waals surface area contributed by atoms with Gasteiger partial charge >= 0.3 is 51.2 Å². The van der Waals surface area contributed by atoms with E-state index in [1.807, 2.05) is 0 Å². The number of carbonyl (C=O) groups excluding carboxylic acids is 6. The highest BCUT2D eigenvalue weighted by Gasteiger charge is 2.74. The summed E-state index contributed by atoms with van der Waals surface area (Å²) in [5.41, 5.74) is -5.30. The third kappa shape index (κ3) is 9.41. The van der Waals surface area contributed by atoms with Gasteiger partial charge in [-0.2, -0.15) is 0 Å². The second kappa shape index (κ2) is 17.0. The van der Waals surface area contributed by atoms with Gasteiger partial charge in [0.05, 0.1) is 39.2 Å². The molecule has 0 aromatic heterocycles. The number of rotatable bonds is 22. The van der Waals surface area contributed by atoms with E-state index in [1.165, 1.54) is 6.92 Å². The quantitative estimate of drug-likeness (QED) is 0.0353. The number of phosphoric ester groups is 1. The fourth-order valence-electron chi connectivity index (χ4n) is 7.98. The molecule has 0 bridgehead atoms. The van der Waals surface area contributed by atoms with Crippen LogP contribution in [0, 0.1) is 33.5 Å². The smallest absolute Gasteiger partial charge is 0.465 e. The summed E-state index contributed by atoms with van der Waals surface area (Å²) in [6, 6.07) is 0. The molecule has 4 aliphatic carbocycles. The molecule has 6 unspecified atom stereocenters. The second-order valence-corrected chi connectivity index (χ2v) is 17.3. The molecule has 3 N–H and O–H groups in total. The highest BCUT2D eigenvalue weighted by atomic mass is 31.2. The molecule has 0 heterocycles. The number of carbonyl (C=O) groups is 6. The minimum Gasteiger partial charge on any atom is -0.465 e. The molecule has 4 aliphatic rings. The molecule has 4 rings (SSSR count). The lowest BCUT2D eigenvalue weighted by Crippen LogP contribution is -2.42. The summed E-state index contributed by atoms with van der Waals surface area (Å²) >= 11 is 0. The van der Waals surface area contributed by atoms with E-state index < -0.39 is 112 Å². The molecule has 6 atom stereocenters. The lowest BCUT2D eigenvalue weighted by Gasteiger charge is -2.28. The highest BCUT2D eigenvalue weighted by molar-refractivity contribution is 7.52. The lowest BCUT2D eigenvalue weighted by atomic mass is 9.79. The van der Waals surface area contributed by atoms with Gasteiger partial charge in [-0.25, -0.2) is 14.2 Å². The zero-order chi connectivity index (χ0) is 41.0. The Morgan fingerprint density at radius 2 is 0.945 bits per heavy atom. The van der Waals surface area contributed by atoms with E-state index in [-0.39, 0.29) is 68.5 Å². The van der Waals surface area contributed by atoms with Crippen LogP contribution in [0.2, 0.25) is 0 Å². The van der Waals surface area contributed by atoms with Gasteiger partial charge in [0.1, 0.15) is 19.8 Å². The molecule has 0 amide bonds. The number of phosphoric acid groups is 1. The minimum atomic E-state index is -4.77. The standard InChI is InChI=1S/C34H48O19P2/c1-6-46-27(37)33(28(38)47-7-2)17-23-15-31(23,19-33)22(5)26(36)50-13-14-54(41,42)52-11-10-51-30(40)34(29(39)48-8-3)18-24-16-32(24,20-34)21(4)25(35)49-9-12-53-55(43,44)45/h23-24H,4-20H2,1-3H3,(H,41,42)(H2,43,44,45). The Bertz CT molecular complexity index is 1670. The summed E-state index contributed by atoms with van der Waals surface area (Å²) in [5, 5.41) is 0. The van der Waals surface area contributed by atoms with Crippen molar-refractivity contribution in [2.45, 2.75) is 59.3 Å². The predicted octanol–water partition coefficient (Wildman–Crippen LogP) is 2.30. The van der Waals surface area contributed by atoms with Gasteiger partial charge in [-0.15, -0.1) is 0 Å². The summed E-state index contributed by atoms with van der Waals surface area (Å²) < 4.78 is 63.8. The molecule has 0 radical (unpaired) electrons. The van der Waals surface area contributed by atoms with E-state index in [2.05, 4.69) is 17.7 Å². The van der Waals surface area contributed by atoms with Crippen molar-refractivity contribution in [2.24, 2.45) is 33.5 Å². The van der Waals surface area contributed by atoms with Crippen LogP contribution in [0.4, 0.5) is 0 Å². The number of hydrogen-bond donors (Lipinski definition) is 3. The molecule has 0 saturated heterocycles. The van der Waals surface area contributed by atoms with Crippen LogP contribution >= 0.6 is 15.4 Å². The normalized spacial score (nSPS) is 28.0. The topological polar surface area (TPSA) is 271 Å². The van der Waals surface area contributed by atoms with E-state index >= 15 is 0 Å². The molecule has 21 heteroatoms. The minimum absolute atomic E-state index is 0.0173. The summed E-state index contributed by atoms with van der Waals surface area (Å²) in [4.78, 5) is 106. The van der Waals surface area contributed by atoms with Crippen LogP contribution in [0.1, 0.15) is 59.3 Å². The lowest BCUT2D eigenvalue weighted by molar-refractivity contribution is -0.174. The van der Waals surface area contributed by atoms with E-state index in [0.29, 0.717) is 12.8 Å². The van der Waals surface area contributed by atoms with Crippen LogP contribution in [0.3, 0.4) is 0 Å². The maximum Gasteiger partial charge on any atom is 0.469 e. The zero-order valence-electron chi connectivity index (χ0n) is 30.9. The van der Waals surface area contributed by atoms with E-state index in [9.17, 15) is 42.8 Å². The summed E-state index contributed by atoms with van der Waals surface area (Å²) in [7, 11) is -9.16. The van der Waals surface area contributed by atoms with Gasteiger partial charge < -0.3 is 47.6 Å². The van der Waals surface area contributed by atoms with Crippen molar-refractivity contribution in [2.75, 3.05) is 59.0 Å². The third-order valence-electron chi connectivity index (χ3n) is 10.8. The molecule has 4 saturated carbocycles. The molecular formula is C34H48O19P2. The van der Waals surface area contributed by atoms with Crippen molar-refractivity contribution >= 4 is 51.2 Å². The maximum absolute atomic E-state index is 13.4. The molecule has 0 aromatic rings. The average Bonchev–Trinajstić information content (AvgIpc) is 3.92. The second-order valence-electron chi connectivity index (χ2n) is 14.1. The van der Waals surface area contributed by atoms with E-state index in [1.54, 1.807) is 13.8 Å². The summed E-state index contributed by atoms with van der Waals surface area (Å²) in [5.74, 6) is -5.68. The Balaban J connectivity index is 1.25. The largest absolute Gasteiger partial charge is 0.469 e. The molecule has 0 spiro atoms. The van der Waals surface area contributed by atoms with Gasteiger partial charge in [-0.05, 0) is 71.1 Å². The number of fused-ring (bicyclic) bond motifs is 2. The van der Waals surface area contributed by atoms with E-state index in [4.69, 9.17) is 42.7 Å². The van der Waals surface area contributed by atoms with Crippen molar-refractivity contribution in [1.82, 2.24) is 0 Å². The Morgan fingerprint density at radius 3 is 1.36 bits per heavy atom. The molecule has 308 valence electrons. The van der Waals surface area contributed by atoms with Crippen LogP contribution < -0.4 is 0 Å². The van der Waals surface area contributed by atoms with Gasteiger partial charge in [0.25, 0.3) is 0 Å². The first kappa shape index (κ1) is 44.3. The Labute approximate surface area is 317 Å². The number of hydrogen-bond acceptors (Lipinski definition) is 16. The predicted molar refractivity (Wildman–Crippen MR) is 184 cm³/mol. The van der Waals surface area contributed by atoms with Crippen molar-refractivity contribution in [3.8, 4) is 0 Å². The maximum atomic E-state index is 13.4. The molecule has 19 nitrogen and oxygen atoms in total. The monoisotopic (exact) mass is 822 g/mol. The molecule has 4 fully saturated rings. The first-order chi connectivity index (χ1) is 25.7. The van der Waals surface area contributed by atoms with Gasteiger partial charge in [-0.1, -0.05) is 13.2 Å². The number of esters is 6. The van der Waals surface area contributed by atoms with Crippen LogP contribution in [-0.2, 0) is 75.4 Å². The summed E-state index contributed by atoms with van der Waals surface area (Å²) in [6.07, 6.45) is 0.108. The molecule has 55 heavy (non-hydrogen) atoms. The van der Waals surface area contributed by atoms with Crippen LogP contribution in [0.5, 0.6) is 0 Å². The van der Waals surface area contributed by atoms with E-state index in [0.717, 1.165) is 0 Å². The first-order valence-electron chi connectivity index (χ1n) is 17.8. The van der Waals surface area contributed by atoms with Crippen molar-refractivity contribution in [3.05, 3.63) is 24.3 Å². The Morgan fingerprint density at radius 1 is 0.564 bits per heavy atom. The number of ether oxygens (including phenoxy) is 6. The van der Waals surface area contributed by atoms with Crippen LogP contribution in [0.15, 0.2) is 24.3 Å². The molecular weight excluding hydrogens is 774 g/mol. The third-order valence-corrected chi connectivity index (χ3v) is 12.6. The highest BCUT2D eigenvalue weighted by Crippen LogP contribution is 2.74. The molecule has 0 aromatic carbocycles. The van der Waals surface area contributed by atoms with Gasteiger partial charge in [0.2, 0.25) is 0 Å². The zero-order valence-corrected chi connectivity index (χ0v) is 32.7. The Hall–Kier alpha value is -3.44. The summed E-state index contributed by atoms with van der Waals surface area (Å²) in [6.45, 7) is 9.69. The first-order valence-corrected chi connectivity index (χ1v) is 21.1. The Kier molecular flexibility index (Phi) is 13.7. The SMILES string of the molecule is C=C(C(=O)OCCP(=O)(O)OCCOC(=O)C1(C(=O)OCC)CC2CC2(C(=C)C(=O)OCCOP(=O)(O)O)C1)C12CC1CC(C(=O)OCC)(C(=O)OCC)C2. The molecule has 0 aliphatic heterocycles. The van der Waals surface area contributed by atoms with Gasteiger partial charge in [0.15, 0.2) is 10.8 Å². The van der Waals surface area contributed by atoms with Gasteiger partial charge in [-0.3, -0.25) is 28.3 Å². The van der Waals surface area contributed by atoms with Crippen molar-refractivity contribution < 1.29 is 90.0 Å². The average molecular weight is 823 g/mol. The van der Waals surface area contributed by atoms with Crippen LogP contribution in [-0.4, -0.2) is 110 Å². The van der Waals surface area contributed by atoms with Crippen LogP contribution in [0.25, 0.3) is 0 Å². The van der Waals surface area contributed by atoms with Crippen molar-refractivity contribution in [1.29, 1.82) is 0 Å². The fourth-order valence-corrected chi connectivity index (χ4v) is 9.11. The fraction of sp³-hybridized carbons (Fsp3) is 0.706.